The highest BCUT2D eigenvalue weighted by molar-refractivity contribution is 7.12. The van der Waals surface area contributed by atoms with Gasteiger partial charge in [-0.1, -0.05) is 6.92 Å². The van der Waals surface area contributed by atoms with E-state index in [0.717, 1.165) is 11.3 Å². The number of nitrogens with two attached hydrogens (primary N) is 1. The quantitative estimate of drug-likeness (QED) is 0.781. The predicted octanol–water partition coefficient (Wildman–Crippen LogP) is 1.77. The van der Waals surface area contributed by atoms with Gasteiger partial charge in [-0.2, -0.15) is 0 Å². The summed E-state index contributed by atoms with van der Waals surface area (Å²) in [5.74, 6) is 0.243. The van der Waals surface area contributed by atoms with Crippen LogP contribution in [0.25, 0.3) is 0 Å². The number of hydrogen-bond acceptors (Lipinski definition) is 3. The average Bonchev–Trinajstić information content (AvgIpc) is 2.52. The lowest BCUT2D eigenvalue weighted by atomic mass is 10.2. The molecule has 0 fully saturated rings. The molecule has 13 heavy (non-hydrogen) atoms. The Morgan fingerprint density at radius 3 is 2.69 bits per heavy atom. The molecular formula is C10H15NOS. The van der Waals surface area contributed by atoms with Crippen LogP contribution in [0.1, 0.15) is 23.1 Å². The Bertz CT molecular complexity index is 280. The molecule has 1 aromatic rings. The molecule has 1 rings (SSSR count). The Morgan fingerprint density at radius 2 is 2.15 bits per heavy atom. The lowest BCUT2D eigenvalue weighted by molar-refractivity contribution is -0.118. The molecule has 0 aliphatic heterocycles. The first kappa shape index (κ1) is 10.4. The van der Waals surface area contributed by atoms with E-state index in [1.165, 1.54) is 4.88 Å². The average molecular weight is 197 g/mol. The summed E-state index contributed by atoms with van der Waals surface area (Å²) in [4.78, 5) is 13.7. The van der Waals surface area contributed by atoms with E-state index in [9.17, 15) is 4.79 Å². The van der Waals surface area contributed by atoms with Crippen LogP contribution in [0, 0.1) is 0 Å². The summed E-state index contributed by atoms with van der Waals surface area (Å²) in [5.41, 5.74) is 5.30. The van der Waals surface area contributed by atoms with E-state index in [2.05, 4.69) is 13.0 Å². The van der Waals surface area contributed by atoms with E-state index >= 15 is 0 Å². The number of carbonyl (C=O) groups is 1. The van der Waals surface area contributed by atoms with Gasteiger partial charge in [0.15, 0.2) is 0 Å². The van der Waals surface area contributed by atoms with Crippen molar-refractivity contribution in [1.29, 1.82) is 0 Å². The van der Waals surface area contributed by atoms with Gasteiger partial charge in [-0.3, -0.25) is 4.79 Å². The summed E-state index contributed by atoms with van der Waals surface area (Å²) in [6, 6.07) is 4.13. The van der Waals surface area contributed by atoms with Gasteiger partial charge in [-0.05, 0) is 25.1 Å². The SMILES string of the molecule is CCc1ccc(CC(=O)CCN)s1. The van der Waals surface area contributed by atoms with Crippen LogP contribution in [0.4, 0.5) is 0 Å². The number of rotatable bonds is 5. The molecule has 0 aromatic carbocycles. The maximum Gasteiger partial charge on any atom is 0.139 e. The van der Waals surface area contributed by atoms with Crippen LogP contribution < -0.4 is 5.73 Å². The zero-order chi connectivity index (χ0) is 9.68. The number of hydrogen-bond donors (Lipinski definition) is 1. The van der Waals surface area contributed by atoms with E-state index in [4.69, 9.17) is 5.73 Å². The van der Waals surface area contributed by atoms with Crippen molar-refractivity contribution < 1.29 is 4.79 Å². The normalized spacial score (nSPS) is 10.3. The van der Waals surface area contributed by atoms with Gasteiger partial charge in [-0.25, -0.2) is 0 Å². The minimum Gasteiger partial charge on any atom is -0.330 e. The lowest BCUT2D eigenvalue weighted by Crippen LogP contribution is -2.09. The molecule has 0 aliphatic rings. The number of aryl methyl sites for hydroxylation is 1. The van der Waals surface area contributed by atoms with Gasteiger partial charge in [-0.15, -0.1) is 11.3 Å². The molecule has 0 unspecified atom stereocenters. The largest absolute Gasteiger partial charge is 0.330 e. The molecule has 0 spiro atoms. The monoisotopic (exact) mass is 197 g/mol. The van der Waals surface area contributed by atoms with E-state index in [0.29, 0.717) is 19.4 Å². The molecule has 1 aromatic heterocycles. The van der Waals surface area contributed by atoms with E-state index in [-0.39, 0.29) is 5.78 Å². The molecule has 0 saturated carbocycles. The number of Topliss-reactive ketones (excluding diaryl/α,β-unsaturated/α-hetero) is 1. The second kappa shape index (κ2) is 5.14. The standard InChI is InChI=1S/C10H15NOS/c1-2-9-3-4-10(13-9)7-8(12)5-6-11/h3-4H,2,5-7,11H2,1H3. The first-order valence-electron chi connectivity index (χ1n) is 4.55. The molecule has 3 heteroatoms. The van der Waals surface area contributed by atoms with Gasteiger partial charge >= 0.3 is 0 Å². The minimum atomic E-state index is 0.243. The fourth-order valence-corrected chi connectivity index (χ4v) is 2.14. The van der Waals surface area contributed by atoms with Crippen LogP contribution >= 0.6 is 11.3 Å². The molecule has 0 aliphatic carbocycles. The highest BCUT2D eigenvalue weighted by atomic mass is 32.1. The topological polar surface area (TPSA) is 43.1 Å². The maximum absolute atomic E-state index is 11.2. The molecule has 0 saturated heterocycles. The van der Waals surface area contributed by atoms with Gasteiger partial charge < -0.3 is 5.73 Å². The molecule has 2 nitrogen and oxygen atoms in total. The molecular weight excluding hydrogens is 182 g/mol. The van der Waals surface area contributed by atoms with Crippen LogP contribution in [-0.4, -0.2) is 12.3 Å². The van der Waals surface area contributed by atoms with Crippen LogP contribution in [0.2, 0.25) is 0 Å². The number of ketones is 1. The van der Waals surface area contributed by atoms with Crippen LogP contribution in [0.3, 0.4) is 0 Å². The van der Waals surface area contributed by atoms with Crippen LogP contribution in [-0.2, 0) is 17.6 Å². The van der Waals surface area contributed by atoms with E-state index in [1.807, 2.05) is 6.07 Å². The fraction of sp³-hybridized carbons (Fsp3) is 0.500. The van der Waals surface area contributed by atoms with Crippen molar-refractivity contribution >= 4 is 17.1 Å². The number of carbonyl (C=O) groups excluding carboxylic acids is 1. The van der Waals surface area contributed by atoms with Gasteiger partial charge in [0, 0.05) is 22.6 Å². The van der Waals surface area contributed by atoms with E-state index in [1.54, 1.807) is 11.3 Å². The second-order valence-electron chi connectivity index (χ2n) is 2.98. The van der Waals surface area contributed by atoms with Gasteiger partial charge in [0.1, 0.15) is 5.78 Å². The van der Waals surface area contributed by atoms with Crippen molar-refractivity contribution in [3.05, 3.63) is 21.9 Å². The summed E-state index contributed by atoms with van der Waals surface area (Å²) in [5, 5.41) is 0. The first-order valence-corrected chi connectivity index (χ1v) is 5.37. The maximum atomic E-state index is 11.2. The van der Waals surface area contributed by atoms with Crippen molar-refractivity contribution in [2.45, 2.75) is 26.2 Å². The van der Waals surface area contributed by atoms with Crippen LogP contribution in [0.15, 0.2) is 12.1 Å². The Morgan fingerprint density at radius 1 is 1.46 bits per heavy atom. The third kappa shape index (κ3) is 3.28. The lowest BCUT2D eigenvalue weighted by Gasteiger charge is -1.94. The summed E-state index contributed by atoms with van der Waals surface area (Å²) in [6.07, 6.45) is 2.11. The predicted molar refractivity (Wildman–Crippen MR) is 56.1 cm³/mol. The van der Waals surface area contributed by atoms with Crippen molar-refractivity contribution in [2.75, 3.05) is 6.54 Å². The third-order valence-electron chi connectivity index (χ3n) is 1.86. The Labute approximate surface area is 82.8 Å². The first-order chi connectivity index (χ1) is 6.26. The minimum absolute atomic E-state index is 0.243. The van der Waals surface area contributed by atoms with Crippen molar-refractivity contribution in [1.82, 2.24) is 0 Å². The van der Waals surface area contributed by atoms with Crippen molar-refractivity contribution in [3.63, 3.8) is 0 Å². The molecule has 0 bridgehead atoms. The highest BCUT2D eigenvalue weighted by Crippen LogP contribution is 2.17. The van der Waals surface area contributed by atoms with Crippen molar-refractivity contribution in [3.8, 4) is 0 Å². The Hall–Kier alpha value is -0.670. The molecule has 2 N–H and O–H groups in total. The molecule has 1 heterocycles. The molecule has 0 radical (unpaired) electrons. The summed E-state index contributed by atoms with van der Waals surface area (Å²) in [6.45, 7) is 2.59. The Kier molecular flexibility index (Phi) is 4.12. The molecule has 0 amide bonds. The zero-order valence-corrected chi connectivity index (χ0v) is 8.69. The summed E-state index contributed by atoms with van der Waals surface area (Å²) < 4.78 is 0. The fourth-order valence-electron chi connectivity index (χ4n) is 1.15. The van der Waals surface area contributed by atoms with Crippen LogP contribution in [0.5, 0.6) is 0 Å². The van der Waals surface area contributed by atoms with E-state index < -0.39 is 0 Å². The Balaban J connectivity index is 2.49. The third-order valence-corrected chi connectivity index (χ3v) is 3.09. The molecule has 72 valence electrons. The van der Waals surface area contributed by atoms with Crippen molar-refractivity contribution in [2.24, 2.45) is 5.73 Å². The van der Waals surface area contributed by atoms with Gasteiger partial charge in [0.25, 0.3) is 0 Å². The second-order valence-corrected chi connectivity index (χ2v) is 4.23. The highest BCUT2D eigenvalue weighted by Gasteiger charge is 2.04. The molecule has 0 atom stereocenters. The smallest absolute Gasteiger partial charge is 0.139 e. The number of thiophene rings is 1. The summed E-state index contributed by atoms with van der Waals surface area (Å²) >= 11 is 1.73. The zero-order valence-electron chi connectivity index (χ0n) is 7.88. The summed E-state index contributed by atoms with van der Waals surface area (Å²) in [7, 11) is 0. The van der Waals surface area contributed by atoms with Gasteiger partial charge in [0.05, 0.1) is 0 Å². The van der Waals surface area contributed by atoms with Gasteiger partial charge in [0.2, 0.25) is 0 Å².